The number of aromatic nitrogens is 1. The molecule has 1 aliphatic rings. The Balaban J connectivity index is 1.81. The summed E-state index contributed by atoms with van der Waals surface area (Å²) in [6.07, 6.45) is 1.21. The van der Waals surface area contributed by atoms with Crippen LogP contribution in [0.25, 0.3) is 11.3 Å². The normalized spacial score (nSPS) is 19.5. The van der Waals surface area contributed by atoms with Gasteiger partial charge in [-0.25, -0.2) is 4.39 Å². The standard InChI is InChI=1S/C24H27FN2O4/c1-13-7-16(19-6-5-18(25)11-26-19)8-14(2)22(13)23-20(28)9-17(24(23)30)10-21(29)27-15(3)12-31-4/h5-8,11,15,17,23H,9-10,12H2,1-4H3,(H,27,29). The first-order valence-corrected chi connectivity index (χ1v) is 10.3. The summed E-state index contributed by atoms with van der Waals surface area (Å²) in [5.41, 5.74) is 3.69. The van der Waals surface area contributed by atoms with Gasteiger partial charge >= 0.3 is 0 Å². The molecule has 0 bridgehead atoms. The second-order valence-electron chi connectivity index (χ2n) is 8.22. The molecule has 1 N–H and O–H groups in total. The van der Waals surface area contributed by atoms with Crippen LogP contribution >= 0.6 is 0 Å². The third kappa shape index (κ3) is 5.05. The van der Waals surface area contributed by atoms with E-state index >= 15 is 0 Å². The summed E-state index contributed by atoms with van der Waals surface area (Å²) >= 11 is 0. The molecular formula is C24H27FN2O4. The zero-order valence-electron chi connectivity index (χ0n) is 18.2. The Morgan fingerprint density at radius 2 is 1.94 bits per heavy atom. The first-order chi connectivity index (χ1) is 14.7. The summed E-state index contributed by atoms with van der Waals surface area (Å²) in [7, 11) is 1.55. The Kier molecular flexibility index (Phi) is 6.95. The Morgan fingerprint density at radius 3 is 2.52 bits per heavy atom. The maximum Gasteiger partial charge on any atom is 0.221 e. The second-order valence-corrected chi connectivity index (χ2v) is 8.22. The van der Waals surface area contributed by atoms with Crippen molar-refractivity contribution in [2.45, 2.75) is 45.6 Å². The molecule has 0 spiro atoms. The number of amides is 1. The Hall–Kier alpha value is -2.93. The lowest BCUT2D eigenvalue weighted by Crippen LogP contribution is -2.37. The van der Waals surface area contributed by atoms with Crippen LogP contribution in [0.3, 0.4) is 0 Å². The number of halogens is 1. The molecule has 1 aliphatic carbocycles. The van der Waals surface area contributed by atoms with Crippen molar-refractivity contribution in [2.75, 3.05) is 13.7 Å². The van der Waals surface area contributed by atoms with Gasteiger partial charge in [0.25, 0.3) is 0 Å². The quantitative estimate of drug-likeness (QED) is 0.687. The number of hydrogen-bond acceptors (Lipinski definition) is 5. The monoisotopic (exact) mass is 426 g/mol. The minimum absolute atomic E-state index is 0.00912. The Bertz CT molecular complexity index is 980. The van der Waals surface area contributed by atoms with Crippen LogP contribution in [0.15, 0.2) is 30.5 Å². The molecule has 0 radical (unpaired) electrons. The third-order valence-electron chi connectivity index (χ3n) is 5.62. The van der Waals surface area contributed by atoms with Crippen LogP contribution in [0.4, 0.5) is 4.39 Å². The number of hydrogen-bond donors (Lipinski definition) is 1. The highest BCUT2D eigenvalue weighted by molar-refractivity contribution is 6.15. The number of benzene rings is 1. The van der Waals surface area contributed by atoms with Crippen LogP contribution in [-0.4, -0.2) is 42.2 Å². The summed E-state index contributed by atoms with van der Waals surface area (Å²) in [6, 6.07) is 6.48. The topological polar surface area (TPSA) is 85.4 Å². The lowest BCUT2D eigenvalue weighted by atomic mass is 9.85. The summed E-state index contributed by atoms with van der Waals surface area (Å²) in [5.74, 6) is -2.52. The lowest BCUT2D eigenvalue weighted by Gasteiger charge is -2.17. The van der Waals surface area contributed by atoms with Crippen LogP contribution in [0.1, 0.15) is 42.4 Å². The Labute approximate surface area is 181 Å². The fraction of sp³-hybridized carbons (Fsp3) is 0.417. The van der Waals surface area contributed by atoms with Crippen molar-refractivity contribution in [3.8, 4) is 11.3 Å². The summed E-state index contributed by atoms with van der Waals surface area (Å²) in [5, 5.41) is 2.79. The molecule has 7 heteroatoms. The fourth-order valence-corrected chi connectivity index (χ4v) is 4.31. The molecule has 1 saturated carbocycles. The van der Waals surface area contributed by atoms with E-state index in [0.717, 1.165) is 22.9 Å². The smallest absolute Gasteiger partial charge is 0.221 e. The van der Waals surface area contributed by atoms with Crippen molar-refractivity contribution in [1.29, 1.82) is 0 Å². The number of nitrogens with one attached hydrogen (secondary N) is 1. The molecule has 31 heavy (non-hydrogen) atoms. The number of methoxy groups -OCH3 is 1. The third-order valence-corrected chi connectivity index (χ3v) is 5.62. The molecule has 3 atom stereocenters. The number of ether oxygens (including phenoxy) is 1. The summed E-state index contributed by atoms with van der Waals surface area (Å²) < 4.78 is 18.2. The SMILES string of the molecule is COCC(C)NC(=O)CC1CC(=O)C(c2c(C)cc(-c3ccc(F)cn3)cc2C)C1=O. The average Bonchev–Trinajstić information content (AvgIpc) is 2.95. The molecule has 3 rings (SSSR count). The summed E-state index contributed by atoms with van der Waals surface area (Å²) in [4.78, 5) is 42.2. The molecule has 1 aromatic heterocycles. The predicted molar refractivity (Wildman–Crippen MR) is 114 cm³/mol. The zero-order valence-corrected chi connectivity index (χ0v) is 18.2. The van der Waals surface area contributed by atoms with Gasteiger partial charge < -0.3 is 10.1 Å². The number of aryl methyl sites for hydroxylation is 2. The minimum atomic E-state index is -0.857. The number of pyridine rings is 1. The van der Waals surface area contributed by atoms with Gasteiger partial charge in [-0.05, 0) is 61.7 Å². The molecule has 1 aromatic carbocycles. The van der Waals surface area contributed by atoms with Crippen LogP contribution in [0.5, 0.6) is 0 Å². The van der Waals surface area contributed by atoms with E-state index in [1.54, 1.807) is 13.2 Å². The highest BCUT2D eigenvalue weighted by atomic mass is 19.1. The first-order valence-electron chi connectivity index (χ1n) is 10.3. The van der Waals surface area contributed by atoms with Crippen LogP contribution in [0.2, 0.25) is 0 Å². The van der Waals surface area contributed by atoms with Gasteiger partial charge in [-0.15, -0.1) is 0 Å². The van der Waals surface area contributed by atoms with Crippen molar-refractivity contribution in [3.63, 3.8) is 0 Å². The van der Waals surface area contributed by atoms with Gasteiger partial charge in [0.15, 0.2) is 5.78 Å². The van der Waals surface area contributed by atoms with Gasteiger partial charge in [0.2, 0.25) is 5.91 Å². The van der Waals surface area contributed by atoms with Gasteiger partial charge in [-0.2, -0.15) is 0 Å². The van der Waals surface area contributed by atoms with Gasteiger partial charge in [-0.3, -0.25) is 19.4 Å². The minimum Gasteiger partial charge on any atom is -0.383 e. The number of ketones is 2. The van der Waals surface area contributed by atoms with E-state index in [4.69, 9.17) is 4.74 Å². The van der Waals surface area contributed by atoms with Crippen molar-refractivity contribution < 1.29 is 23.5 Å². The van der Waals surface area contributed by atoms with Crippen LogP contribution < -0.4 is 5.32 Å². The van der Waals surface area contributed by atoms with E-state index in [1.807, 2.05) is 32.9 Å². The van der Waals surface area contributed by atoms with Gasteiger partial charge in [-0.1, -0.05) is 0 Å². The average molecular weight is 426 g/mol. The molecule has 164 valence electrons. The molecular weight excluding hydrogens is 399 g/mol. The zero-order chi connectivity index (χ0) is 22.7. The molecule has 0 aliphatic heterocycles. The molecule has 0 saturated heterocycles. The number of rotatable bonds is 7. The second kappa shape index (κ2) is 9.47. The van der Waals surface area contributed by atoms with Crippen molar-refractivity contribution in [1.82, 2.24) is 10.3 Å². The largest absolute Gasteiger partial charge is 0.383 e. The molecule has 1 amide bonds. The van der Waals surface area contributed by atoms with Crippen molar-refractivity contribution in [2.24, 2.45) is 5.92 Å². The molecule has 2 aromatic rings. The van der Waals surface area contributed by atoms with E-state index in [9.17, 15) is 18.8 Å². The van der Waals surface area contributed by atoms with Crippen LogP contribution in [0, 0.1) is 25.6 Å². The van der Waals surface area contributed by atoms with E-state index in [0.29, 0.717) is 17.9 Å². The predicted octanol–water partition coefficient (Wildman–Crippen LogP) is 3.29. The van der Waals surface area contributed by atoms with E-state index in [2.05, 4.69) is 10.3 Å². The van der Waals surface area contributed by atoms with E-state index < -0.39 is 17.7 Å². The Morgan fingerprint density at radius 1 is 1.26 bits per heavy atom. The van der Waals surface area contributed by atoms with Crippen molar-refractivity contribution in [3.05, 3.63) is 53.0 Å². The van der Waals surface area contributed by atoms with Crippen LogP contribution in [-0.2, 0) is 19.1 Å². The number of carbonyl (C=O) groups excluding carboxylic acids is 3. The number of nitrogens with zero attached hydrogens (tertiary/aromatic N) is 1. The first kappa shape index (κ1) is 22.7. The van der Waals surface area contributed by atoms with E-state index in [-0.39, 0.29) is 36.4 Å². The maximum atomic E-state index is 13.2. The highest BCUT2D eigenvalue weighted by Gasteiger charge is 2.43. The molecule has 3 unspecified atom stereocenters. The lowest BCUT2D eigenvalue weighted by molar-refractivity contribution is -0.129. The number of carbonyl (C=O) groups is 3. The molecule has 1 heterocycles. The van der Waals surface area contributed by atoms with Crippen molar-refractivity contribution >= 4 is 17.5 Å². The van der Waals surface area contributed by atoms with Gasteiger partial charge in [0.05, 0.1) is 18.5 Å². The highest BCUT2D eigenvalue weighted by Crippen LogP contribution is 2.38. The molecule has 6 nitrogen and oxygen atoms in total. The summed E-state index contributed by atoms with van der Waals surface area (Å²) in [6.45, 7) is 5.89. The molecule has 1 fully saturated rings. The maximum absolute atomic E-state index is 13.2. The van der Waals surface area contributed by atoms with Gasteiger partial charge in [0, 0.05) is 37.5 Å². The number of Topliss-reactive ketones (excluding diaryl/α,β-unsaturated/α-hetero) is 2. The van der Waals surface area contributed by atoms with E-state index in [1.165, 1.54) is 6.07 Å². The fourth-order valence-electron chi connectivity index (χ4n) is 4.31. The van der Waals surface area contributed by atoms with Gasteiger partial charge in [0.1, 0.15) is 17.5 Å².